The van der Waals surface area contributed by atoms with E-state index in [9.17, 15) is 4.79 Å². The number of carbonyl (C=O) groups is 1. The van der Waals surface area contributed by atoms with Gasteiger partial charge in [0, 0.05) is 5.38 Å². The van der Waals surface area contributed by atoms with Gasteiger partial charge in [0.05, 0.1) is 19.3 Å². The van der Waals surface area contributed by atoms with Gasteiger partial charge in [-0.05, 0) is 37.1 Å². The monoisotopic (exact) mass is 382 g/mol. The largest absolute Gasteiger partial charge is 0.494 e. The quantitative estimate of drug-likeness (QED) is 0.191. The summed E-state index contributed by atoms with van der Waals surface area (Å²) in [5, 5.41) is 0.175. The smallest absolute Gasteiger partial charge is 0.337 e. The van der Waals surface area contributed by atoms with Gasteiger partial charge in [0.1, 0.15) is 5.75 Å². The Balaban J connectivity index is 2.01. The van der Waals surface area contributed by atoms with Gasteiger partial charge < -0.3 is 9.47 Å². The van der Waals surface area contributed by atoms with Gasteiger partial charge in [-0.1, -0.05) is 64.7 Å². The Labute approximate surface area is 164 Å². The summed E-state index contributed by atoms with van der Waals surface area (Å²) in [6.07, 6.45) is 14.0. The Morgan fingerprint density at radius 1 is 0.923 bits per heavy atom. The molecule has 3 nitrogen and oxygen atoms in total. The maximum atomic E-state index is 11.4. The van der Waals surface area contributed by atoms with Crippen molar-refractivity contribution < 1.29 is 14.3 Å². The second-order valence-electron chi connectivity index (χ2n) is 6.87. The van der Waals surface area contributed by atoms with Crippen LogP contribution in [0, 0.1) is 0 Å². The molecule has 148 valence electrons. The van der Waals surface area contributed by atoms with Crippen LogP contribution in [0.25, 0.3) is 0 Å². The molecule has 0 aliphatic heterocycles. The topological polar surface area (TPSA) is 35.5 Å². The molecule has 1 rings (SSSR count). The Morgan fingerprint density at radius 3 is 2.08 bits per heavy atom. The van der Waals surface area contributed by atoms with Crippen molar-refractivity contribution in [3.05, 3.63) is 29.8 Å². The average molecular weight is 383 g/mol. The molecule has 0 N–H and O–H groups in total. The fourth-order valence-corrected chi connectivity index (χ4v) is 3.17. The zero-order valence-electron chi connectivity index (χ0n) is 16.5. The lowest BCUT2D eigenvalue weighted by Crippen LogP contribution is -2.07. The van der Waals surface area contributed by atoms with E-state index < -0.39 is 0 Å². The van der Waals surface area contributed by atoms with E-state index in [0.717, 1.165) is 18.6 Å². The van der Waals surface area contributed by atoms with Gasteiger partial charge >= 0.3 is 5.97 Å². The van der Waals surface area contributed by atoms with Crippen LogP contribution in [-0.2, 0) is 4.74 Å². The van der Waals surface area contributed by atoms with Crippen molar-refractivity contribution in [3.8, 4) is 5.75 Å². The van der Waals surface area contributed by atoms with Crippen LogP contribution >= 0.6 is 11.6 Å². The molecular formula is C22H35ClO3. The fraction of sp³-hybridized carbons (Fsp3) is 0.682. The molecule has 0 saturated heterocycles. The molecule has 0 aromatic heterocycles. The number of carbonyl (C=O) groups excluding carboxylic acids is 1. The molecular weight excluding hydrogens is 348 g/mol. The number of ether oxygens (including phenoxy) is 2. The number of halogens is 1. The minimum absolute atomic E-state index is 0.175. The van der Waals surface area contributed by atoms with Crippen molar-refractivity contribution in [2.45, 2.75) is 82.9 Å². The first-order valence-electron chi connectivity index (χ1n) is 10.1. The third kappa shape index (κ3) is 10.7. The predicted molar refractivity (Wildman–Crippen MR) is 109 cm³/mol. The molecule has 0 spiro atoms. The average Bonchev–Trinajstić information content (AvgIpc) is 2.66. The molecule has 0 heterocycles. The lowest BCUT2D eigenvalue weighted by molar-refractivity contribution is 0.0600. The first-order chi connectivity index (χ1) is 12.7. The lowest BCUT2D eigenvalue weighted by Gasteiger charge is -2.11. The van der Waals surface area contributed by atoms with E-state index in [-0.39, 0.29) is 11.3 Å². The van der Waals surface area contributed by atoms with Crippen LogP contribution in [0.5, 0.6) is 5.75 Å². The number of rotatable bonds is 15. The van der Waals surface area contributed by atoms with E-state index in [2.05, 4.69) is 11.7 Å². The number of alkyl halides is 1. The van der Waals surface area contributed by atoms with E-state index in [1.165, 1.54) is 64.9 Å². The van der Waals surface area contributed by atoms with Crippen LogP contribution in [0.2, 0.25) is 0 Å². The number of unbranched alkanes of at least 4 members (excludes halogenated alkanes) is 8. The lowest BCUT2D eigenvalue weighted by atomic mass is 10.1. The highest BCUT2D eigenvalue weighted by Crippen LogP contribution is 2.17. The molecule has 1 aromatic carbocycles. The van der Waals surface area contributed by atoms with Crippen molar-refractivity contribution in [2.75, 3.05) is 13.7 Å². The van der Waals surface area contributed by atoms with Crippen molar-refractivity contribution in [2.24, 2.45) is 0 Å². The maximum absolute atomic E-state index is 11.4. The zero-order chi connectivity index (χ0) is 19.0. The Kier molecular flexibility index (Phi) is 13.1. The van der Waals surface area contributed by atoms with Crippen LogP contribution in [0.4, 0.5) is 0 Å². The highest BCUT2D eigenvalue weighted by Gasteiger charge is 2.07. The molecule has 0 bridgehead atoms. The molecule has 26 heavy (non-hydrogen) atoms. The highest BCUT2D eigenvalue weighted by molar-refractivity contribution is 6.20. The van der Waals surface area contributed by atoms with Crippen LogP contribution in [0.3, 0.4) is 0 Å². The van der Waals surface area contributed by atoms with Gasteiger partial charge in [0.15, 0.2) is 0 Å². The number of methoxy groups -OCH3 is 1. The van der Waals surface area contributed by atoms with E-state index >= 15 is 0 Å². The number of hydrogen-bond acceptors (Lipinski definition) is 3. The summed E-state index contributed by atoms with van der Waals surface area (Å²) < 4.78 is 10.4. The minimum atomic E-state index is -0.335. The summed E-state index contributed by atoms with van der Waals surface area (Å²) in [6.45, 7) is 2.86. The molecule has 0 aliphatic rings. The molecule has 4 heteroatoms. The van der Waals surface area contributed by atoms with Gasteiger partial charge in [-0.3, -0.25) is 0 Å². The van der Waals surface area contributed by atoms with Gasteiger partial charge in [-0.2, -0.15) is 0 Å². The SMILES string of the molecule is CCCCCCCCCCCC(Cl)CCOc1ccc(C(=O)OC)cc1. The van der Waals surface area contributed by atoms with E-state index in [1.54, 1.807) is 24.3 Å². The van der Waals surface area contributed by atoms with Gasteiger partial charge in [-0.15, -0.1) is 11.6 Å². The van der Waals surface area contributed by atoms with Crippen molar-refractivity contribution in [3.63, 3.8) is 0 Å². The van der Waals surface area contributed by atoms with E-state index in [1.807, 2.05) is 0 Å². The van der Waals surface area contributed by atoms with Crippen LogP contribution in [0.1, 0.15) is 87.9 Å². The highest BCUT2D eigenvalue weighted by atomic mass is 35.5. The van der Waals surface area contributed by atoms with Crippen LogP contribution in [0.15, 0.2) is 24.3 Å². The third-order valence-corrected chi connectivity index (χ3v) is 5.03. The zero-order valence-corrected chi connectivity index (χ0v) is 17.2. The standard InChI is InChI=1S/C22H35ClO3/c1-3-4-5-6-7-8-9-10-11-12-20(23)17-18-26-21-15-13-19(14-16-21)22(24)25-2/h13-16,20H,3-12,17-18H2,1-2H3. The first kappa shape index (κ1) is 22.8. The summed E-state index contributed by atoms with van der Waals surface area (Å²) in [6, 6.07) is 7.00. The second-order valence-corrected chi connectivity index (χ2v) is 7.48. The number of benzene rings is 1. The first-order valence-corrected chi connectivity index (χ1v) is 10.6. The molecule has 1 unspecified atom stereocenters. The van der Waals surface area contributed by atoms with Gasteiger partial charge in [-0.25, -0.2) is 4.79 Å². The summed E-state index contributed by atoms with van der Waals surface area (Å²) in [5.74, 6) is 0.419. The summed E-state index contributed by atoms with van der Waals surface area (Å²) in [5.41, 5.74) is 0.528. The molecule has 0 saturated carbocycles. The molecule has 0 aliphatic carbocycles. The molecule has 1 atom stereocenters. The summed E-state index contributed by atoms with van der Waals surface area (Å²) in [4.78, 5) is 11.4. The number of esters is 1. The fourth-order valence-electron chi connectivity index (χ4n) is 2.93. The minimum Gasteiger partial charge on any atom is -0.494 e. The van der Waals surface area contributed by atoms with Crippen LogP contribution < -0.4 is 4.74 Å². The van der Waals surface area contributed by atoms with Crippen molar-refractivity contribution in [1.29, 1.82) is 0 Å². The number of hydrogen-bond donors (Lipinski definition) is 0. The summed E-state index contributed by atoms with van der Waals surface area (Å²) >= 11 is 6.39. The Morgan fingerprint density at radius 2 is 1.50 bits per heavy atom. The van der Waals surface area contributed by atoms with Gasteiger partial charge in [0.25, 0.3) is 0 Å². The van der Waals surface area contributed by atoms with E-state index in [4.69, 9.17) is 16.3 Å². The maximum Gasteiger partial charge on any atom is 0.337 e. The van der Waals surface area contributed by atoms with Crippen molar-refractivity contribution in [1.82, 2.24) is 0 Å². The van der Waals surface area contributed by atoms with E-state index in [0.29, 0.717) is 12.2 Å². The van der Waals surface area contributed by atoms with Crippen LogP contribution in [-0.4, -0.2) is 25.1 Å². The molecule has 1 aromatic rings. The van der Waals surface area contributed by atoms with Gasteiger partial charge in [0.2, 0.25) is 0 Å². The molecule has 0 amide bonds. The Bertz CT molecular complexity index is 473. The predicted octanol–water partition coefficient (Wildman–Crippen LogP) is 6.77. The second kappa shape index (κ2) is 14.9. The normalized spacial score (nSPS) is 12.0. The summed E-state index contributed by atoms with van der Waals surface area (Å²) in [7, 11) is 1.38. The Hall–Kier alpha value is -1.22. The molecule has 0 fully saturated rings. The molecule has 0 radical (unpaired) electrons. The van der Waals surface area contributed by atoms with Crippen molar-refractivity contribution >= 4 is 17.6 Å². The third-order valence-electron chi connectivity index (χ3n) is 4.60.